The van der Waals surface area contributed by atoms with Gasteiger partial charge in [0, 0.05) is 11.6 Å². The Hall–Kier alpha value is -3.84. The zero-order valence-electron chi connectivity index (χ0n) is 12.7. The molecule has 1 heterocycles. The lowest BCUT2D eigenvalue weighted by Crippen LogP contribution is -2.16. The highest BCUT2D eigenvalue weighted by Crippen LogP contribution is 2.28. The highest BCUT2D eigenvalue weighted by molar-refractivity contribution is 5.87. The lowest BCUT2D eigenvalue weighted by atomic mass is 9.96. The molecule has 1 aromatic carbocycles. The fraction of sp³-hybridized carbons (Fsp3) is 0.0588. The number of nitriles is 2. The zero-order chi connectivity index (χ0) is 17.7. The van der Waals surface area contributed by atoms with E-state index >= 15 is 0 Å². The number of aromatic amines is 1. The summed E-state index contributed by atoms with van der Waals surface area (Å²) in [4.78, 5) is 25.2. The van der Waals surface area contributed by atoms with Crippen LogP contribution >= 0.6 is 0 Å². The Morgan fingerprint density at radius 1 is 1.21 bits per heavy atom. The monoisotopic (exact) mass is 320 g/mol. The van der Waals surface area contributed by atoms with Crippen LogP contribution in [-0.2, 0) is 9.53 Å². The van der Waals surface area contributed by atoms with E-state index in [4.69, 9.17) is 5.73 Å². The standard InChI is InChI=1S/C17H12N4O3/c1-24-14(22)7-4-10-2-5-11(6-3-10)15-12(8-18)16(20)21-17(23)13(15)9-19/h2-7H,1H3,(H3,20,21,23). The first kappa shape index (κ1) is 16.5. The van der Waals surface area contributed by atoms with Crippen molar-refractivity contribution in [1.82, 2.24) is 4.98 Å². The predicted molar refractivity (Wildman–Crippen MR) is 87.4 cm³/mol. The van der Waals surface area contributed by atoms with Crippen LogP contribution in [0.4, 0.5) is 5.82 Å². The summed E-state index contributed by atoms with van der Waals surface area (Å²) in [6.07, 6.45) is 2.82. The Kier molecular flexibility index (Phi) is 4.78. The van der Waals surface area contributed by atoms with Gasteiger partial charge in [-0.1, -0.05) is 24.3 Å². The molecule has 24 heavy (non-hydrogen) atoms. The molecule has 0 aliphatic rings. The van der Waals surface area contributed by atoms with Crippen LogP contribution in [0, 0.1) is 22.7 Å². The van der Waals surface area contributed by atoms with Gasteiger partial charge in [-0.2, -0.15) is 10.5 Å². The van der Waals surface area contributed by atoms with Crippen molar-refractivity contribution in [2.45, 2.75) is 0 Å². The lowest BCUT2D eigenvalue weighted by molar-refractivity contribution is -0.134. The topological polar surface area (TPSA) is 133 Å². The number of nitrogen functional groups attached to an aromatic ring is 1. The molecule has 0 amide bonds. The number of rotatable bonds is 3. The second kappa shape index (κ2) is 6.95. The van der Waals surface area contributed by atoms with Crippen molar-refractivity contribution in [3.8, 4) is 23.3 Å². The number of anilines is 1. The molecule has 0 fully saturated rings. The number of methoxy groups -OCH3 is 1. The molecule has 2 rings (SSSR count). The molecular formula is C17H12N4O3. The van der Waals surface area contributed by atoms with Gasteiger partial charge in [-0.3, -0.25) is 4.79 Å². The van der Waals surface area contributed by atoms with Gasteiger partial charge < -0.3 is 15.5 Å². The van der Waals surface area contributed by atoms with Gasteiger partial charge in [0.15, 0.2) is 0 Å². The van der Waals surface area contributed by atoms with E-state index in [2.05, 4.69) is 9.72 Å². The minimum Gasteiger partial charge on any atom is -0.466 e. The normalized spacial score (nSPS) is 10.1. The van der Waals surface area contributed by atoms with Crippen LogP contribution in [0.15, 0.2) is 35.1 Å². The van der Waals surface area contributed by atoms with Crippen molar-refractivity contribution in [1.29, 1.82) is 10.5 Å². The molecule has 118 valence electrons. The number of hydrogen-bond donors (Lipinski definition) is 2. The van der Waals surface area contributed by atoms with Crippen LogP contribution in [-0.4, -0.2) is 18.1 Å². The maximum absolute atomic E-state index is 11.9. The summed E-state index contributed by atoms with van der Waals surface area (Å²) in [5.74, 6) is -0.578. The van der Waals surface area contributed by atoms with Crippen LogP contribution < -0.4 is 11.3 Å². The lowest BCUT2D eigenvalue weighted by Gasteiger charge is -2.09. The molecule has 7 nitrogen and oxygen atoms in total. The summed E-state index contributed by atoms with van der Waals surface area (Å²) in [6, 6.07) is 10.3. The van der Waals surface area contributed by atoms with Crippen LogP contribution in [0.2, 0.25) is 0 Å². The quantitative estimate of drug-likeness (QED) is 0.651. The van der Waals surface area contributed by atoms with Crippen molar-refractivity contribution in [3.05, 3.63) is 57.4 Å². The predicted octanol–water partition coefficient (Wildman–Crippen LogP) is 1.55. The maximum Gasteiger partial charge on any atom is 0.330 e. The number of aromatic nitrogens is 1. The molecular weight excluding hydrogens is 308 g/mol. The van der Waals surface area contributed by atoms with Gasteiger partial charge in [0.05, 0.1) is 7.11 Å². The number of nitrogens with zero attached hydrogens (tertiary/aromatic N) is 2. The van der Waals surface area contributed by atoms with Crippen LogP contribution in [0.25, 0.3) is 17.2 Å². The first-order valence-electron chi connectivity index (χ1n) is 6.74. The van der Waals surface area contributed by atoms with E-state index in [1.54, 1.807) is 36.4 Å². The first-order chi connectivity index (χ1) is 11.5. The second-order valence-corrected chi connectivity index (χ2v) is 4.69. The SMILES string of the molecule is COC(=O)C=Cc1ccc(-c2c(C#N)c(N)[nH]c(=O)c2C#N)cc1. The summed E-state index contributed by atoms with van der Waals surface area (Å²) >= 11 is 0. The number of hydrogen-bond acceptors (Lipinski definition) is 6. The van der Waals surface area contributed by atoms with Crippen LogP contribution in [0.3, 0.4) is 0 Å². The largest absolute Gasteiger partial charge is 0.466 e. The highest BCUT2D eigenvalue weighted by Gasteiger charge is 2.17. The fourth-order valence-corrected chi connectivity index (χ4v) is 2.13. The summed E-state index contributed by atoms with van der Waals surface area (Å²) < 4.78 is 4.50. The molecule has 0 radical (unpaired) electrons. The molecule has 0 unspecified atom stereocenters. The molecule has 0 aliphatic heterocycles. The zero-order valence-corrected chi connectivity index (χ0v) is 12.7. The van der Waals surface area contributed by atoms with Crippen LogP contribution in [0.1, 0.15) is 16.7 Å². The summed E-state index contributed by atoms with van der Waals surface area (Å²) in [5.41, 5.74) is 6.25. The number of pyridine rings is 1. The number of ether oxygens (including phenoxy) is 1. The number of carbonyl (C=O) groups is 1. The third-order valence-electron chi connectivity index (χ3n) is 3.28. The Labute approximate surface area is 137 Å². The van der Waals surface area contributed by atoms with E-state index in [1.807, 2.05) is 6.07 Å². The number of H-pyrrole nitrogens is 1. The highest BCUT2D eigenvalue weighted by atomic mass is 16.5. The second-order valence-electron chi connectivity index (χ2n) is 4.69. The van der Waals surface area contributed by atoms with Gasteiger partial charge in [-0.15, -0.1) is 0 Å². The molecule has 0 atom stereocenters. The van der Waals surface area contributed by atoms with E-state index in [9.17, 15) is 20.1 Å². The average molecular weight is 320 g/mol. The minimum atomic E-state index is -0.654. The summed E-state index contributed by atoms with van der Waals surface area (Å²) in [5, 5.41) is 18.5. The van der Waals surface area contributed by atoms with E-state index in [0.717, 1.165) is 0 Å². The Morgan fingerprint density at radius 3 is 2.38 bits per heavy atom. The van der Waals surface area contributed by atoms with Crippen molar-refractivity contribution < 1.29 is 9.53 Å². The van der Waals surface area contributed by atoms with Crippen LogP contribution in [0.5, 0.6) is 0 Å². The summed E-state index contributed by atoms with van der Waals surface area (Å²) in [7, 11) is 1.28. The van der Waals surface area contributed by atoms with E-state index in [1.165, 1.54) is 13.2 Å². The van der Waals surface area contributed by atoms with Crippen molar-refractivity contribution in [2.75, 3.05) is 12.8 Å². The Balaban J connectivity index is 2.56. The molecule has 7 heteroatoms. The maximum atomic E-state index is 11.9. The van der Waals surface area contributed by atoms with E-state index < -0.39 is 11.5 Å². The number of nitrogens with one attached hydrogen (secondary N) is 1. The van der Waals surface area contributed by atoms with E-state index in [0.29, 0.717) is 11.1 Å². The molecule has 0 saturated heterocycles. The Morgan fingerprint density at radius 2 is 1.83 bits per heavy atom. The van der Waals surface area contributed by atoms with Crippen molar-refractivity contribution >= 4 is 17.9 Å². The number of nitrogens with two attached hydrogens (primary N) is 1. The smallest absolute Gasteiger partial charge is 0.330 e. The molecule has 0 saturated carbocycles. The van der Waals surface area contributed by atoms with Gasteiger partial charge in [-0.25, -0.2) is 4.79 Å². The Bertz CT molecular complexity index is 958. The van der Waals surface area contributed by atoms with Gasteiger partial charge >= 0.3 is 5.97 Å². The third kappa shape index (κ3) is 3.16. The molecule has 0 bridgehead atoms. The molecule has 2 aromatic rings. The average Bonchev–Trinajstić information content (AvgIpc) is 2.59. The fourth-order valence-electron chi connectivity index (χ4n) is 2.13. The molecule has 0 aliphatic carbocycles. The summed E-state index contributed by atoms with van der Waals surface area (Å²) in [6.45, 7) is 0. The number of carbonyl (C=O) groups excluding carboxylic acids is 1. The molecule has 1 aromatic heterocycles. The third-order valence-corrected chi connectivity index (χ3v) is 3.28. The van der Waals surface area contributed by atoms with Gasteiger partial charge in [-0.05, 0) is 17.2 Å². The van der Waals surface area contributed by atoms with Gasteiger partial charge in [0.2, 0.25) is 0 Å². The van der Waals surface area contributed by atoms with Gasteiger partial charge in [0.1, 0.15) is 29.1 Å². The molecule has 0 spiro atoms. The first-order valence-corrected chi connectivity index (χ1v) is 6.74. The van der Waals surface area contributed by atoms with Crippen molar-refractivity contribution in [3.63, 3.8) is 0 Å². The van der Waals surface area contributed by atoms with Crippen molar-refractivity contribution in [2.24, 2.45) is 0 Å². The minimum absolute atomic E-state index is 0.0315. The number of benzene rings is 1. The number of esters is 1. The van der Waals surface area contributed by atoms with Gasteiger partial charge in [0.25, 0.3) is 5.56 Å². The van der Waals surface area contributed by atoms with E-state index in [-0.39, 0.29) is 22.5 Å². The molecule has 3 N–H and O–H groups in total.